The van der Waals surface area contributed by atoms with E-state index in [1.54, 1.807) is 29.5 Å². The zero-order chi connectivity index (χ0) is 18.5. The van der Waals surface area contributed by atoms with Crippen LogP contribution >= 0.6 is 46.3 Å². The number of esters is 1. The summed E-state index contributed by atoms with van der Waals surface area (Å²) >= 11 is 14.7. The zero-order valence-electron chi connectivity index (χ0n) is 13.8. The first-order chi connectivity index (χ1) is 12.6. The first-order valence-corrected chi connectivity index (χ1v) is 10.4. The Morgan fingerprint density at radius 2 is 2.12 bits per heavy atom. The third-order valence-electron chi connectivity index (χ3n) is 3.48. The van der Waals surface area contributed by atoms with Gasteiger partial charge < -0.3 is 9.30 Å². The molecule has 3 rings (SSSR count). The molecular formula is C17H15Cl2N3O2S2. The van der Waals surface area contributed by atoms with Gasteiger partial charge in [0.1, 0.15) is 6.61 Å². The van der Waals surface area contributed by atoms with Crippen molar-refractivity contribution >= 4 is 52.3 Å². The van der Waals surface area contributed by atoms with Gasteiger partial charge in [-0.25, -0.2) is 0 Å². The molecule has 2 heterocycles. The Morgan fingerprint density at radius 1 is 1.27 bits per heavy atom. The Morgan fingerprint density at radius 3 is 2.81 bits per heavy atom. The Hall–Kier alpha value is -1.54. The van der Waals surface area contributed by atoms with E-state index in [0.29, 0.717) is 15.2 Å². The van der Waals surface area contributed by atoms with Gasteiger partial charge in [-0.2, -0.15) is 0 Å². The molecule has 2 aromatic heterocycles. The molecule has 9 heteroatoms. The maximum Gasteiger partial charge on any atom is 0.316 e. The molecule has 0 unspecified atom stereocenters. The highest BCUT2D eigenvalue weighted by atomic mass is 35.5. The van der Waals surface area contributed by atoms with Crippen molar-refractivity contribution in [1.82, 2.24) is 14.8 Å². The molecule has 0 aliphatic heterocycles. The SMILES string of the molecule is CCn1c(SCC(=O)OCc2ccc(Cl)c(Cl)c2)nnc1-c1cccs1. The van der Waals surface area contributed by atoms with E-state index in [9.17, 15) is 4.79 Å². The minimum Gasteiger partial charge on any atom is -0.460 e. The van der Waals surface area contributed by atoms with Gasteiger partial charge in [0, 0.05) is 6.54 Å². The number of hydrogen-bond acceptors (Lipinski definition) is 6. The van der Waals surface area contributed by atoms with Crippen LogP contribution in [0.5, 0.6) is 0 Å². The van der Waals surface area contributed by atoms with E-state index in [1.807, 2.05) is 29.0 Å². The normalized spacial score (nSPS) is 10.9. The minimum atomic E-state index is -0.329. The van der Waals surface area contributed by atoms with Gasteiger partial charge in [-0.1, -0.05) is 47.1 Å². The maximum absolute atomic E-state index is 12.0. The van der Waals surface area contributed by atoms with Crippen molar-refractivity contribution in [3.05, 3.63) is 51.3 Å². The van der Waals surface area contributed by atoms with Crippen molar-refractivity contribution in [2.75, 3.05) is 5.75 Å². The molecule has 0 aliphatic carbocycles. The van der Waals surface area contributed by atoms with Crippen LogP contribution in [-0.2, 0) is 22.7 Å². The molecule has 0 saturated carbocycles. The molecule has 0 saturated heterocycles. The third-order valence-corrected chi connectivity index (χ3v) is 6.02. The fraction of sp³-hybridized carbons (Fsp3) is 0.235. The summed E-state index contributed by atoms with van der Waals surface area (Å²) in [6, 6.07) is 9.11. The Bertz CT molecular complexity index is 898. The lowest BCUT2D eigenvalue weighted by molar-refractivity contribution is -0.141. The van der Waals surface area contributed by atoms with Crippen molar-refractivity contribution in [3.8, 4) is 10.7 Å². The molecule has 136 valence electrons. The van der Waals surface area contributed by atoms with Crippen molar-refractivity contribution in [2.45, 2.75) is 25.2 Å². The predicted octanol–water partition coefficient (Wildman–Crippen LogP) is 5.17. The van der Waals surface area contributed by atoms with Crippen LogP contribution in [0.1, 0.15) is 12.5 Å². The van der Waals surface area contributed by atoms with Crippen molar-refractivity contribution < 1.29 is 9.53 Å². The van der Waals surface area contributed by atoms with Crippen LogP contribution in [0.4, 0.5) is 0 Å². The summed E-state index contributed by atoms with van der Waals surface area (Å²) in [4.78, 5) is 13.1. The third kappa shape index (κ3) is 4.59. The summed E-state index contributed by atoms with van der Waals surface area (Å²) in [7, 11) is 0. The van der Waals surface area contributed by atoms with Gasteiger partial charge in [0.25, 0.3) is 0 Å². The number of aromatic nitrogens is 3. The average molecular weight is 428 g/mol. The highest BCUT2D eigenvalue weighted by Crippen LogP contribution is 2.27. The molecule has 3 aromatic rings. The van der Waals surface area contributed by atoms with E-state index < -0.39 is 0 Å². The van der Waals surface area contributed by atoms with Gasteiger partial charge in [0.15, 0.2) is 11.0 Å². The van der Waals surface area contributed by atoms with Crippen LogP contribution in [-0.4, -0.2) is 26.5 Å². The second-order valence-electron chi connectivity index (χ2n) is 5.23. The van der Waals surface area contributed by atoms with Crippen molar-refractivity contribution in [1.29, 1.82) is 0 Å². The number of carbonyl (C=O) groups is 1. The lowest BCUT2D eigenvalue weighted by atomic mass is 10.2. The molecular weight excluding hydrogens is 413 g/mol. The standard InChI is InChI=1S/C17H15Cl2N3O2S2/c1-2-22-16(14-4-3-7-25-14)20-21-17(22)26-10-15(23)24-9-11-5-6-12(18)13(19)8-11/h3-8H,2,9-10H2,1H3. The van der Waals surface area contributed by atoms with E-state index in [1.165, 1.54) is 11.8 Å². The molecule has 0 atom stereocenters. The monoisotopic (exact) mass is 427 g/mol. The number of hydrogen-bond donors (Lipinski definition) is 0. The molecule has 0 bridgehead atoms. The molecule has 0 aliphatic rings. The molecule has 0 N–H and O–H groups in total. The number of halogens is 2. The highest BCUT2D eigenvalue weighted by molar-refractivity contribution is 7.99. The van der Waals surface area contributed by atoms with E-state index in [0.717, 1.165) is 22.8 Å². The number of benzene rings is 1. The molecule has 5 nitrogen and oxygen atoms in total. The molecule has 0 fully saturated rings. The number of nitrogens with zero attached hydrogens (tertiary/aromatic N) is 3. The molecule has 1 aromatic carbocycles. The largest absolute Gasteiger partial charge is 0.460 e. The first kappa shape index (κ1) is 19.2. The first-order valence-electron chi connectivity index (χ1n) is 7.78. The van der Waals surface area contributed by atoms with Crippen LogP contribution in [0.3, 0.4) is 0 Å². The van der Waals surface area contributed by atoms with Crippen LogP contribution < -0.4 is 0 Å². The molecule has 0 radical (unpaired) electrons. The van der Waals surface area contributed by atoms with Gasteiger partial charge >= 0.3 is 5.97 Å². The molecule has 0 amide bonds. The van der Waals surface area contributed by atoms with Gasteiger partial charge in [-0.15, -0.1) is 21.5 Å². The van der Waals surface area contributed by atoms with E-state index in [4.69, 9.17) is 27.9 Å². The van der Waals surface area contributed by atoms with Gasteiger partial charge in [-0.05, 0) is 36.1 Å². The number of rotatable bonds is 7. The van der Waals surface area contributed by atoms with Crippen LogP contribution in [0, 0.1) is 0 Å². The Kier molecular flexibility index (Phi) is 6.58. The van der Waals surface area contributed by atoms with E-state index in [-0.39, 0.29) is 18.3 Å². The number of ether oxygens (including phenoxy) is 1. The quantitative estimate of drug-likeness (QED) is 0.384. The summed E-state index contributed by atoms with van der Waals surface area (Å²) < 4.78 is 7.27. The second kappa shape index (κ2) is 8.90. The number of thiophene rings is 1. The number of carbonyl (C=O) groups excluding carboxylic acids is 1. The summed E-state index contributed by atoms with van der Waals surface area (Å²) in [5.74, 6) is 0.641. The van der Waals surface area contributed by atoms with Crippen LogP contribution in [0.2, 0.25) is 10.0 Å². The van der Waals surface area contributed by atoms with Crippen molar-refractivity contribution in [3.63, 3.8) is 0 Å². The van der Waals surface area contributed by atoms with Crippen LogP contribution in [0.25, 0.3) is 10.7 Å². The fourth-order valence-corrected chi connectivity index (χ4v) is 4.07. The Balaban J connectivity index is 1.57. The zero-order valence-corrected chi connectivity index (χ0v) is 17.0. The molecule has 0 spiro atoms. The highest BCUT2D eigenvalue weighted by Gasteiger charge is 2.15. The van der Waals surface area contributed by atoms with Gasteiger partial charge in [-0.3, -0.25) is 4.79 Å². The average Bonchev–Trinajstić information content (AvgIpc) is 3.29. The number of thioether (sulfide) groups is 1. The van der Waals surface area contributed by atoms with E-state index >= 15 is 0 Å². The van der Waals surface area contributed by atoms with E-state index in [2.05, 4.69) is 10.2 Å². The lowest BCUT2D eigenvalue weighted by Gasteiger charge is -2.07. The summed E-state index contributed by atoms with van der Waals surface area (Å²) in [6.07, 6.45) is 0. The second-order valence-corrected chi connectivity index (χ2v) is 7.93. The fourth-order valence-electron chi connectivity index (χ4n) is 2.23. The minimum absolute atomic E-state index is 0.150. The summed E-state index contributed by atoms with van der Waals surface area (Å²) in [6.45, 7) is 2.89. The molecule has 26 heavy (non-hydrogen) atoms. The predicted molar refractivity (Wildman–Crippen MR) is 106 cm³/mol. The smallest absolute Gasteiger partial charge is 0.316 e. The van der Waals surface area contributed by atoms with Gasteiger partial charge in [0.05, 0.1) is 20.7 Å². The van der Waals surface area contributed by atoms with Crippen LogP contribution in [0.15, 0.2) is 40.9 Å². The topological polar surface area (TPSA) is 57.0 Å². The van der Waals surface area contributed by atoms with Crippen molar-refractivity contribution in [2.24, 2.45) is 0 Å². The van der Waals surface area contributed by atoms with Gasteiger partial charge in [0.2, 0.25) is 0 Å². The summed E-state index contributed by atoms with van der Waals surface area (Å²) in [5.41, 5.74) is 0.787. The summed E-state index contributed by atoms with van der Waals surface area (Å²) in [5, 5.41) is 12.0. The lowest BCUT2D eigenvalue weighted by Crippen LogP contribution is -2.08. The maximum atomic E-state index is 12.0. The Labute approximate surface area is 169 Å².